The van der Waals surface area contributed by atoms with Gasteiger partial charge in [-0.15, -0.1) is 0 Å². The molecule has 0 N–H and O–H groups in total. The summed E-state index contributed by atoms with van der Waals surface area (Å²) in [4.78, 5) is 18.4. The number of hydrogen-bond donors (Lipinski definition) is 0. The zero-order chi connectivity index (χ0) is 70.3. The molecule has 0 saturated carbocycles. The molecule has 0 aliphatic carbocycles. The molecule has 0 amide bonds. The van der Waals surface area contributed by atoms with Gasteiger partial charge in [0, 0.05) is 58.4 Å². The third-order valence-electron chi connectivity index (χ3n) is 16.3. The average Bonchev–Trinajstić information content (AvgIpc) is 0.942. The van der Waals surface area contributed by atoms with Crippen molar-refractivity contribution in [1.82, 2.24) is 38.2 Å². The van der Waals surface area contributed by atoms with Crippen molar-refractivity contribution >= 4 is 58.6 Å². The van der Waals surface area contributed by atoms with E-state index in [1.807, 2.05) is 73.8 Å². The molecule has 500 valence electrons. The number of ether oxygens (including phenoxy) is 4. The molecule has 4 aromatic heterocycles. The van der Waals surface area contributed by atoms with Crippen molar-refractivity contribution < 1.29 is 73.0 Å². The first-order valence-electron chi connectivity index (χ1n) is 30.3. The molecule has 0 aliphatic heterocycles. The number of fused-ring (bicyclic) bond motifs is 4. The van der Waals surface area contributed by atoms with Crippen LogP contribution < -0.4 is 18.9 Å². The first kappa shape index (κ1) is 76.0. The molecule has 12 rings (SSSR count). The molecule has 0 bridgehead atoms. The number of aromatic nitrogens is 8. The maximum atomic E-state index is 9.75. The molecule has 14 nitrogen and oxygen atoms in total. The van der Waals surface area contributed by atoms with Crippen LogP contribution in [0.1, 0.15) is 80.6 Å². The van der Waals surface area contributed by atoms with E-state index in [4.69, 9.17) is 29.5 Å². The summed E-state index contributed by atoms with van der Waals surface area (Å²) in [6.45, 7) is 22.8. The van der Waals surface area contributed by atoms with Gasteiger partial charge >= 0.3 is 34.0 Å². The number of nitriles is 2. The largest absolute Gasteiger partial charge is 2.00 e. The van der Waals surface area contributed by atoms with E-state index in [9.17, 15) is 34.5 Å². The van der Waals surface area contributed by atoms with Gasteiger partial charge in [0.25, 0.3) is 0 Å². The van der Waals surface area contributed by atoms with Crippen LogP contribution in [0.4, 0.5) is 34.5 Å². The van der Waals surface area contributed by atoms with Crippen molar-refractivity contribution in [3.63, 3.8) is 0 Å². The quantitative estimate of drug-likeness (QED) is 0.0758. The Morgan fingerprint density at radius 1 is 0.351 bits per heavy atom. The molecule has 0 radical (unpaired) electrons. The Morgan fingerprint density at radius 3 is 0.680 bits per heavy atom. The molecule has 0 saturated heterocycles. The Hall–Kier alpha value is -9.99. The third-order valence-corrected chi connectivity index (χ3v) is 16.3. The monoisotopic (exact) mass is 1380 g/mol. The average molecular weight is 1380 g/mol. The maximum absolute atomic E-state index is 9.75. The van der Waals surface area contributed by atoms with Gasteiger partial charge < -0.3 is 71.7 Å². The maximum Gasteiger partial charge on any atom is 2.00 e. The van der Waals surface area contributed by atoms with E-state index in [1.54, 1.807) is 40.6 Å². The SMILES string of the molecule is CC#N.CC#N.COc1c(Cn2cnc3ccccc32)cc(C)c(C)c1-c1c(C)c(C)cc(Cn2cnc3ccccc32)c1OC.COc1c(Cn2cnc3ccccc32)cc(C)c(C)c1-c1c(C)c(C)cc(Cn2cnc3ccccc32)c1OC.F[B-](F)(F)F.F[B-](F)(F)F.[Zn+2]. The minimum atomic E-state index is -6.00. The summed E-state index contributed by atoms with van der Waals surface area (Å²) < 4.78 is 112. The summed E-state index contributed by atoms with van der Waals surface area (Å²) in [7, 11) is -4.95. The summed E-state index contributed by atoms with van der Waals surface area (Å²) in [6, 6.07) is 45.3. The van der Waals surface area contributed by atoms with Crippen molar-refractivity contribution in [1.29, 1.82) is 10.5 Å². The number of benzene rings is 8. The minimum Gasteiger partial charge on any atom is -0.496 e. The number of imidazole rings is 4. The van der Waals surface area contributed by atoms with Gasteiger partial charge in [0.05, 0.1) is 136 Å². The summed E-state index contributed by atoms with van der Waals surface area (Å²) in [5, 5.41) is 14.6. The predicted molar refractivity (Wildman–Crippen MR) is 366 cm³/mol. The van der Waals surface area contributed by atoms with Gasteiger partial charge in [-0.3, -0.25) is 0 Å². The topological polar surface area (TPSA) is 156 Å². The first-order valence-corrected chi connectivity index (χ1v) is 30.3. The van der Waals surface area contributed by atoms with Crippen LogP contribution in [-0.4, -0.2) is 81.2 Å². The second-order valence-corrected chi connectivity index (χ2v) is 22.4. The van der Waals surface area contributed by atoms with Crippen molar-refractivity contribution in [2.45, 2.75) is 95.4 Å². The Morgan fingerprint density at radius 2 is 0.515 bits per heavy atom. The van der Waals surface area contributed by atoms with E-state index in [0.717, 1.165) is 112 Å². The molecule has 8 aromatic carbocycles. The molecular weight excluding hydrogens is 1310 g/mol. The summed E-state index contributed by atoms with van der Waals surface area (Å²) in [5.41, 5.74) is 26.6. The van der Waals surface area contributed by atoms with E-state index >= 15 is 0 Å². The van der Waals surface area contributed by atoms with Crippen LogP contribution in [0.3, 0.4) is 0 Å². The normalized spacial score (nSPS) is 10.8. The van der Waals surface area contributed by atoms with Gasteiger partial charge in [-0.2, -0.15) is 10.5 Å². The number of halogens is 8. The van der Waals surface area contributed by atoms with E-state index in [-0.39, 0.29) is 19.5 Å². The standard InChI is InChI=1S/2C34H34N4O2.2C2H3N.2BF4.Zn/c2*1-21-15-25(17-37-19-35-27-11-7-9-13-29(27)37)33(39-5)31(23(21)3)32-24(4)22(2)16-26(34(32)40-6)18-38-20-36-28-12-8-10-14-30(28)38;2*1-2-3;2*2-1(3,4)5;/h2*7-16,19-20H,17-18H2,1-6H3;2*1H3;;;/q;;;;2*-1;+2. The summed E-state index contributed by atoms with van der Waals surface area (Å²) in [5.74, 6) is 3.47. The van der Waals surface area contributed by atoms with E-state index in [0.29, 0.717) is 26.2 Å². The molecule has 0 atom stereocenters. The number of para-hydroxylation sites is 8. The fourth-order valence-electron chi connectivity index (χ4n) is 11.7. The van der Waals surface area contributed by atoms with Crippen LogP contribution in [0.2, 0.25) is 0 Å². The Balaban J connectivity index is 0.000000249. The molecule has 12 aromatic rings. The van der Waals surface area contributed by atoms with Crippen LogP contribution >= 0.6 is 0 Å². The molecule has 0 spiro atoms. The van der Waals surface area contributed by atoms with Crippen LogP contribution in [0, 0.1) is 78.1 Å². The predicted octanol–water partition coefficient (Wildman–Crippen LogP) is 18.5. The van der Waals surface area contributed by atoms with Gasteiger partial charge in [0.15, 0.2) is 0 Å². The number of hydrogen-bond acceptors (Lipinski definition) is 10. The third kappa shape index (κ3) is 18.3. The van der Waals surface area contributed by atoms with Crippen molar-refractivity contribution in [3.8, 4) is 57.4 Å². The molecule has 0 unspecified atom stereocenters. The van der Waals surface area contributed by atoms with Crippen molar-refractivity contribution in [2.24, 2.45) is 0 Å². The number of nitrogens with zero attached hydrogens (tertiary/aromatic N) is 10. The minimum absolute atomic E-state index is 0. The number of methoxy groups -OCH3 is 4. The van der Waals surface area contributed by atoms with Crippen LogP contribution in [0.25, 0.3) is 66.4 Å². The van der Waals surface area contributed by atoms with Gasteiger partial charge in [-0.05, 0) is 148 Å². The van der Waals surface area contributed by atoms with Crippen LogP contribution in [0.5, 0.6) is 23.0 Å². The first-order chi connectivity index (χ1) is 45.6. The fourth-order valence-corrected chi connectivity index (χ4v) is 11.7. The van der Waals surface area contributed by atoms with E-state index in [1.165, 1.54) is 58.4 Å². The van der Waals surface area contributed by atoms with Gasteiger partial charge in [0.1, 0.15) is 23.0 Å². The Kier molecular flexibility index (Phi) is 26.3. The zero-order valence-electron chi connectivity index (χ0n) is 56.7. The van der Waals surface area contributed by atoms with E-state index < -0.39 is 14.5 Å². The smallest absolute Gasteiger partial charge is 0.496 e. The second kappa shape index (κ2) is 33.6. The Bertz CT molecular complexity index is 4210. The molecule has 97 heavy (non-hydrogen) atoms. The van der Waals surface area contributed by atoms with Gasteiger partial charge in [-0.1, -0.05) is 72.8 Å². The van der Waals surface area contributed by atoms with E-state index in [2.05, 4.69) is 166 Å². The fraction of sp³-hybridized carbons (Fsp3) is 0.250. The van der Waals surface area contributed by atoms with Crippen LogP contribution in [-0.2, 0) is 45.7 Å². The van der Waals surface area contributed by atoms with Crippen molar-refractivity contribution in [3.05, 3.63) is 213 Å². The summed E-state index contributed by atoms with van der Waals surface area (Å²) >= 11 is 0. The number of rotatable bonds is 14. The molecule has 4 heterocycles. The van der Waals surface area contributed by atoms with Crippen LogP contribution in [0.15, 0.2) is 147 Å². The molecular formula is C72H74B2F8N10O4Zn. The molecule has 0 fully saturated rings. The summed E-state index contributed by atoms with van der Waals surface area (Å²) in [6.07, 6.45) is 7.63. The second-order valence-electron chi connectivity index (χ2n) is 22.4. The molecule has 0 aliphatic rings. The van der Waals surface area contributed by atoms with Gasteiger partial charge in [-0.25, -0.2) is 19.9 Å². The van der Waals surface area contributed by atoms with Gasteiger partial charge in [0.2, 0.25) is 0 Å². The van der Waals surface area contributed by atoms with Crippen molar-refractivity contribution in [2.75, 3.05) is 28.4 Å². The number of aryl methyl sites for hydroxylation is 4. The zero-order valence-corrected chi connectivity index (χ0v) is 59.6. The Labute approximate surface area is 572 Å². The molecule has 25 heteroatoms.